The predicted molar refractivity (Wildman–Crippen MR) is 68.7 cm³/mol. The van der Waals surface area contributed by atoms with Crippen molar-refractivity contribution in [2.24, 2.45) is 5.73 Å². The van der Waals surface area contributed by atoms with E-state index < -0.39 is 11.9 Å². The van der Waals surface area contributed by atoms with Crippen molar-refractivity contribution in [2.45, 2.75) is 26.3 Å². The minimum atomic E-state index is -0.701. The summed E-state index contributed by atoms with van der Waals surface area (Å²) < 4.78 is 0. The number of nitrogens with zero attached hydrogens (tertiary/aromatic N) is 1. The SMILES string of the molecule is CC(C)=CC[C@H](NC(=O)c1cccnc1)C(N)=O. The van der Waals surface area contributed by atoms with Crippen molar-refractivity contribution < 1.29 is 9.59 Å². The molecule has 5 heteroatoms. The van der Waals surface area contributed by atoms with Gasteiger partial charge in [-0.05, 0) is 32.4 Å². The van der Waals surface area contributed by atoms with E-state index in [2.05, 4.69) is 10.3 Å². The van der Waals surface area contributed by atoms with Crippen LogP contribution in [0, 0.1) is 0 Å². The average Bonchev–Trinajstić information content (AvgIpc) is 2.34. The second-order valence-electron chi connectivity index (χ2n) is 4.19. The van der Waals surface area contributed by atoms with Crippen molar-refractivity contribution >= 4 is 11.8 Å². The highest BCUT2D eigenvalue weighted by atomic mass is 16.2. The molecular formula is C13H17N3O2. The minimum Gasteiger partial charge on any atom is -0.368 e. The number of hydrogen-bond donors (Lipinski definition) is 2. The van der Waals surface area contributed by atoms with Crippen molar-refractivity contribution in [3.8, 4) is 0 Å². The predicted octanol–water partition coefficient (Wildman–Crippen LogP) is 1.02. The number of rotatable bonds is 5. The van der Waals surface area contributed by atoms with Crippen LogP contribution in [0.5, 0.6) is 0 Å². The molecule has 0 fully saturated rings. The largest absolute Gasteiger partial charge is 0.368 e. The second-order valence-corrected chi connectivity index (χ2v) is 4.19. The Bertz CT molecular complexity index is 451. The lowest BCUT2D eigenvalue weighted by Crippen LogP contribution is -2.44. The quantitative estimate of drug-likeness (QED) is 0.762. The van der Waals surface area contributed by atoms with Gasteiger partial charge in [-0.15, -0.1) is 0 Å². The van der Waals surface area contributed by atoms with Crippen LogP contribution in [-0.2, 0) is 4.79 Å². The maximum atomic E-state index is 11.8. The molecule has 5 nitrogen and oxygen atoms in total. The van der Waals surface area contributed by atoms with Gasteiger partial charge >= 0.3 is 0 Å². The standard InChI is InChI=1S/C13H17N3O2/c1-9(2)5-6-11(12(14)17)16-13(18)10-4-3-7-15-8-10/h3-5,7-8,11H,6H2,1-2H3,(H2,14,17)(H,16,18)/t11-/m0/s1. The molecule has 0 spiro atoms. The molecule has 0 saturated heterocycles. The third-order valence-corrected chi connectivity index (χ3v) is 2.33. The highest BCUT2D eigenvalue weighted by Gasteiger charge is 2.17. The van der Waals surface area contributed by atoms with Crippen molar-refractivity contribution in [3.05, 3.63) is 41.7 Å². The van der Waals surface area contributed by atoms with Gasteiger partial charge in [0.1, 0.15) is 6.04 Å². The van der Waals surface area contributed by atoms with E-state index in [-0.39, 0.29) is 5.91 Å². The van der Waals surface area contributed by atoms with Crippen molar-refractivity contribution in [1.82, 2.24) is 10.3 Å². The van der Waals surface area contributed by atoms with E-state index in [9.17, 15) is 9.59 Å². The van der Waals surface area contributed by atoms with Crippen molar-refractivity contribution in [3.63, 3.8) is 0 Å². The molecule has 0 bridgehead atoms. The second kappa shape index (κ2) is 6.54. The molecule has 1 rings (SSSR count). The number of pyridine rings is 1. The first-order valence-corrected chi connectivity index (χ1v) is 5.64. The topological polar surface area (TPSA) is 85.1 Å². The molecule has 2 amide bonds. The summed E-state index contributed by atoms with van der Waals surface area (Å²) in [4.78, 5) is 26.9. The van der Waals surface area contributed by atoms with E-state index in [1.165, 1.54) is 6.20 Å². The van der Waals surface area contributed by atoms with E-state index in [0.29, 0.717) is 12.0 Å². The van der Waals surface area contributed by atoms with Gasteiger partial charge < -0.3 is 11.1 Å². The Labute approximate surface area is 106 Å². The number of hydrogen-bond acceptors (Lipinski definition) is 3. The van der Waals surface area contributed by atoms with E-state index in [1.54, 1.807) is 18.3 Å². The van der Waals surface area contributed by atoms with Crippen LogP contribution in [0.25, 0.3) is 0 Å². The Kier molecular flexibility index (Phi) is 5.05. The van der Waals surface area contributed by atoms with Crippen LogP contribution in [0.3, 0.4) is 0 Å². The molecule has 96 valence electrons. The zero-order valence-electron chi connectivity index (χ0n) is 10.5. The number of aromatic nitrogens is 1. The number of allylic oxidation sites excluding steroid dienone is 1. The Balaban J connectivity index is 2.70. The number of amides is 2. The summed E-state index contributed by atoms with van der Waals surface area (Å²) in [5.74, 6) is -0.904. The molecule has 0 saturated carbocycles. The Morgan fingerprint density at radius 1 is 1.50 bits per heavy atom. The third-order valence-electron chi connectivity index (χ3n) is 2.33. The molecule has 0 aliphatic heterocycles. The maximum absolute atomic E-state index is 11.8. The van der Waals surface area contributed by atoms with Crippen LogP contribution in [0.4, 0.5) is 0 Å². The molecule has 1 aromatic heterocycles. The fourth-order valence-electron chi connectivity index (χ4n) is 1.34. The number of nitrogens with one attached hydrogen (secondary N) is 1. The van der Waals surface area contributed by atoms with Gasteiger partial charge in [0, 0.05) is 12.4 Å². The summed E-state index contributed by atoms with van der Waals surface area (Å²) in [6, 6.07) is 2.58. The highest BCUT2D eigenvalue weighted by Crippen LogP contribution is 2.01. The maximum Gasteiger partial charge on any atom is 0.253 e. The zero-order chi connectivity index (χ0) is 13.5. The first kappa shape index (κ1) is 13.9. The lowest BCUT2D eigenvalue weighted by molar-refractivity contribution is -0.119. The van der Waals surface area contributed by atoms with E-state index in [1.807, 2.05) is 19.9 Å². The summed E-state index contributed by atoms with van der Waals surface area (Å²) in [5.41, 5.74) is 6.72. The third kappa shape index (κ3) is 4.37. The molecule has 1 aromatic rings. The zero-order valence-corrected chi connectivity index (χ0v) is 10.5. The van der Waals surface area contributed by atoms with Crippen LogP contribution in [-0.4, -0.2) is 22.8 Å². The minimum absolute atomic E-state index is 0.353. The average molecular weight is 247 g/mol. The monoisotopic (exact) mass is 247 g/mol. The van der Waals surface area contributed by atoms with Gasteiger partial charge in [0.25, 0.3) is 5.91 Å². The van der Waals surface area contributed by atoms with Gasteiger partial charge in [0.2, 0.25) is 5.91 Å². The van der Waals surface area contributed by atoms with Gasteiger partial charge in [0.05, 0.1) is 5.56 Å². The van der Waals surface area contributed by atoms with Crippen LogP contribution in [0.1, 0.15) is 30.6 Å². The molecule has 3 N–H and O–H groups in total. The lowest BCUT2D eigenvalue weighted by Gasteiger charge is -2.13. The van der Waals surface area contributed by atoms with Crippen molar-refractivity contribution in [1.29, 1.82) is 0 Å². The normalized spacial score (nSPS) is 11.4. The summed E-state index contributed by atoms with van der Waals surface area (Å²) >= 11 is 0. The van der Waals surface area contributed by atoms with Gasteiger partial charge in [0.15, 0.2) is 0 Å². The summed E-state index contributed by atoms with van der Waals surface area (Å²) in [5, 5.41) is 2.59. The van der Waals surface area contributed by atoms with Crippen LogP contribution < -0.4 is 11.1 Å². The molecule has 1 heterocycles. The van der Waals surface area contributed by atoms with Crippen LogP contribution in [0.15, 0.2) is 36.2 Å². The Morgan fingerprint density at radius 2 is 2.22 bits per heavy atom. The highest BCUT2D eigenvalue weighted by molar-refractivity contribution is 5.97. The van der Waals surface area contributed by atoms with Gasteiger partial charge in [-0.25, -0.2) is 0 Å². The number of carbonyl (C=O) groups is 2. The molecule has 0 unspecified atom stereocenters. The van der Waals surface area contributed by atoms with Gasteiger partial charge in [-0.3, -0.25) is 14.6 Å². The van der Waals surface area contributed by atoms with Crippen LogP contribution in [0.2, 0.25) is 0 Å². The molecule has 1 atom stereocenters. The number of nitrogens with two attached hydrogens (primary N) is 1. The fourth-order valence-corrected chi connectivity index (χ4v) is 1.34. The molecule has 0 aliphatic rings. The summed E-state index contributed by atoms with van der Waals surface area (Å²) in [7, 11) is 0. The van der Waals surface area contributed by atoms with Crippen molar-refractivity contribution in [2.75, 3.05) is 0 Å². The molecule has 0 radical (unpaired) electrons. The number of primary amides is 1. The molecule has 0 aromatic carbocycles. The van der Waals surface area contributed by atoms with E-state index in [4.69, 9.17) is 5.73 Å². The van der Waals surface area contributed by atoms with E-state index in [0.717, 1.165) is 5.57 Å². The lowest BCUT2D eigenvalue weighted by atomic mass is 10.1. The summed E-state index contributed by atoms with van der Waals surface area (Å²) in [6.45, 7) is 3.84. The Hall–Kier alpha value is -2.17. The molecular weight excluding hydrogens is 230 g/mol. The smallest absolute Gasteiger partial charge is 0.253 e. The molecule has 18 heavy (non-hydrogen) atoms. The molecule has 0 aliphatic carbocycles. The number of carbonyl (C=O) groups excluding carboxylic acids is 2. The summed E-state index contributed by atoms with van der Waals surface area (Å²) in [6.07, 6.45) is 5.27. The Morgan fingerprint density at radius 3 is 2.72 bits per heavy atom. The first-order valence-electron chi connectivity index (χ1n) is 5.64. The van der Waals surface area contributed by atoms with Crippen LogP contribution >= 0.6 is 0 Å². The first-order chi connectivity index (χ1) is 8.50. The van der Waals surface area contributed by atoms with E-state index >= 15 is 0 Å². The fraction of sp³-hybridized carbons (Fsp3) is 0.308. The van der Waals surface area contributed by atoms with Gasteiger partial charge in [-0.2, -0.15) is 0 Å². The van der Waals surface area contributed by atoms with Gasteiger partial charge in [-0.1, -0.05) is 11.6 Å².